The lowest BCUT2D eigenvalue weighted by molar-refractivity contribution is 1.42. The van der Waals surface area contributed by atoms with Crippen LogP contribution in [0, 0.1) is 18.3 Å². The molecule has 1 rings (SSSR count). The normalized spacial score (nSPS) is 7.92. The van der Waals surface area contributed by atoms with Crippen LogP contribution in [0.1, 0.15) is 25.0 Å². The number of benzene rings is 1. The lowest BCUT2D eigenvalue weighted by atomic mass is 10.2. The molecule has 0 unspecified atom stereocenters. The first-order valence-corrected chi connectivity index (χ1v) is 4.28. The molecule has 12 heavy (non-hydrogen) atoms. The summed E-state index contributed by atoms with van der Waals surface area (Å²) in [6.45, 7) is 5.88. The molecule has 0 radical (unpaired) electrons. The van der Waals surface area contributed by atoms with E-state index >= 15 is 0 Å². The summed E-state index contributed by atoms with van der Waals surface area (Å²) in [5, 5.41) is 9.17. The molecular weight excluding hydrogens is 170 g/mol. The monoisotopic (exact) mass is 181 g/mol. The molecule has 0 saturated heterocycles. The molecular formula is C10H12ClN. The van der Waals surface area contributed by atoms with Crippen molar-refractivity contribution in [3.05, 3.63) is 34.3 Å². The van der Waals surface area contributed by atoms with Crippen molar-refractivity contribution in [3.8, 4) is 6.07 Å². The second-order valence-electron chi connectivity index (χ2n) is 2.08. The Balaban J connectivity index is 0.000000561. The van der Waals surface area contributed by atoms with E-state index in [2.05, 4.69) is 0 Å². The van der Waals surface area contributed by atoms with Gasteiger partial charge in [0.1, 0.15) is 0 Å². The predicted octanol–water partition coefficient (Wildman–Crippen LogP) is 3.55. The van der Waals surface area contributed by atoms with Crippen LogP contribution < -0.4 is 0 Å². The van der Waals surface area contributed by atoms with E-state index in [1.165, 1.54) is 0 Å². The fourth-order valence-electron chi connectivity index (χ4n) is 0.714. The minimum absolute atomic E-state index is 0.655. The fraction of sp³-hybridized carbons (Fsp3) is 0.300. The second kappa shape index (κ2) is 5.62. The van der Waals surface area contributed by atoms with Crippen LogP contribution >= 0.6 is 11.6 Å². The van der Waals surface area contributed by atoms with Crippen LogP contribution in [0.4, 0.5) is 0 Å². The molecule has 0 aliphatic carbocycles. The zero-order valence-electron chi connectivity index (χ0n) is 7.56. The number of aryl methyl sites for hydroxylation is 1. The van der Waals surface area contributed by atoms with Crippen LogP contribution in [0.2, 0.25) is 5.02 Å². The lowest BCUT2D eigenvalue weighted by Crippen LogP contribution is -1.77. The second-order valence-corrected chi connectivity index (χ2v) is 2.48. The van der Waals surface area contributed by atoms with Gasteiger partial charge in [-0.05, 0) is 30.7 Å². The van der Waals surface area contributed by atoms with Gasteiger partial charge in [0, 0.05) is 5.02 Å². The number of hydrogen-bond donors (Lipinski definition) is 0. The maximum absolute atomic E-state index is 8.46. The van der Waals surface area contributed by atoms with Gasteiger partial charge >= 0.3 is 0 Å². The van der Waals surface area contributed by atoms with Gasteiger partial charge < -0.3 is 0 Å². The van der Waals surface area contributed by atoms with Crippen molar-refractivity contribution in [3.63, 3.8) is 0 Å². The third-order valence-corrected chi connectivity index (χ3v) is 1.71. The minimum atomic E-state index is 0.655. The van der Waals surface area contributed by atoms with Gasteiger partial charge in [-0.25, -0.2) is 0 Å². The zero-order chi connectivity index (χ0) is 9.56. The van der Waals surface area contributed by atoms with Crippen LogP contribution in [0.5, 0.6) is 0 Å². The first kappa shape index (κ1) is 11.0. The zero-order valence-corrected chi connectivity index (χ0v) is 8.31. The van der Waals surface area contributed by atoms with E-state index in [4.69, 9.17) is 16.9 Å². The molecule has 0 aliphatic rings. The average Bonchev–Trinajstić information content (AvgIpc) is 2.13. The van der Waals surface area contributed by atoms with E-state index in [1.807, 2.05) is 26.8 Å². The lowest BCUT2D eigenvalue weighted by Gasteiger charge is -1.94. The largest absolute Gasteiger partial charge is 0.192 e. The molecule has 0 bridgehead atoms. The topological polar surface area (TPSA) is 23.8 Å². The molecule has 0 fully saturated rings. The molecule has 0 heterocycles. The molecule has 1 aromatic carbocycles. The van der Waals surface area contributed by atoms with Crippen LogP contribution in [0.3, 0.4) is 0 Å². The summed E-state index contributed by atoms with van der Waals surface area (Å²) in [6, 6.07) is 7.24. The fourth-order valence-corrected chi connectivity index (χ4v) is 0.832. The standard InChI is InChI=1S/C8H6ClN.C2H6/c1-6-4-7(5-10)2-3-8(6)9;1-2/h2-4H,1H3;1-2H3. The van der Waals surface area contributed by atoms with E-state index in [9.17, 15) is 0 Å². The quantitative estimate of drug-likeness (QED) is 0.601. The van der Waals surface area contributed by atoms with Gasteiger partial charge in [-0.1, -0.05) is 25.4 Å². The predicted molar refractivity (Wildman–Crippen MR) is 52.3 cm³/mol. The summed E-state index contributed by atoms with van der Waals surface area (Å²) < 4.78 is 0. The van der Waals surface area contributed by atoms with Gasteiger partial charge in [0.25, 0.3) is 0 Å². The Labute approximate surface area is 78.6 Å². The molecule has 0 amide bonds. The van der Waals surface area contributed by atoms with Crippen LogP contribution in [-0.4, -0.2) is 0 Å². The molecule has 0 aromatic heterocycles. The van der Waals surface area contributed by atoms with Crippen molar-refractivity contribution in [2.45, 2.75) is 20.8 Å². The van der Waals surface area contributed by atoms with Crippen molar-refractivity contribution in [2.75, 3.05) is 0 Å². The van der Waals surface area contributed by atoms with Gasteiger partial charge in [0.05, 0.1) is 11.6 Å². The third-order valence-electron chi connectivity index (χ3n) is 1.29. The average molecular weight is 182 g/mol. The maximum atomic E-state index is 8.46. The molecule has 2 heteroatoms. The van der Waals surface area contributed by atoms with Crippen molar-refractivity contribution in [2.24, 2.45) is 0 Å². The number of nitrogens with zero attached hydrogens (tertiary/aromatic N) is 1. The number of halogens is 1. The molecule has 0 aliphatic heterocycles. The van der Waals surface area contributed by atoms with Gasteiger partial charge in [-0.3, -0.25) is 0 Å². The maximum Gasteiger partial charge on any atom is 0.0991 e. The van der Waals surface area contributed by atoms with Crippen molar-refractivity contribution >= 4 is 11.6 Å². The van der Waals surface area contributed by atoms with Gasteiger partial charge in [0.15, 0.2) is 0 Å². The molecule has 0 atom stereocenters. The van der Waals surface area contributed by atoms with E-state index in [-0.39, 0.29) is 0 Å². The minimum Gasteiger partial charge on any atom is -0.192 e. The number of rotatable bonds is 0. The molecule has 0 N–H and O–H groups in total. The molecule has 1 aromatic rings. The molecule has 0 saturated carbocycles. The van der Waals surface area contributed by atoms with E-state index in [1.54, 1.807) is 18.2 Å². The van der Waals surface area contributed by atoms with Crippen molar-refractivity contribution in [1.82, 2.24) is 0 Å². The highest BCUT2D eigenvalue weighted by Crippen LogP contribution is 2.15. The third kappa shape index (κ3) is 2.94. The number of nitriles is 1. The summed E-state index contributed by atoms with van der Waals surface area (Å²) in [4.78, 5) is 0. The van der Waals surface area contributed by atoms with Crippen molar-refractivity contribution in [1.29, 1.82) is 5.26 Å². The Morgan fingerprint density at radius 3 is 2.33 bits per heavy atom. The molecule has 64 valence electrons. The van der Waals surface area contributed by atoms with Crippen LogP contribution in [0.25, 0.3) is 0 Å². The smallest absolute Gasteiger partial charge is 0.0991 e. The highest BCUT2D eigenvalue weighted by molar-refractivity contribution is 6.31. The Morgan fingerprint density at radius 1 is 1.33 bits per heavy atom. The Hall–Kier alpha value is -1.000. The Bertz CT molecular complexity index is 286. The highest BCUT2D eigenvalue weighted by Gasteiger charge is 1.94. The van der Waals surface area contributed by atoms with Crippen LogP contribution in [0.15, 0.2) is 18.2 Å². The van der Waals surface area contributed by atoms with Crippen molar-refractivity contribution < 1.29 is 0 Å². The van der Waals surface area contributed by atoms with Gasteiger partial charge in [-0.15, -0.1) is 0 Å². The summed E-state index contributed by atoms with van der Waals surface area (Å²) in [7, 11) is 0. The van der Waals surface area contributed by atoms with E-state index in [0.717, 1.165) is 5.56 Å². The summed E-state index contributed by atoms with van der Waals surface area (Å²) in [5.74, 6) is 0. The van der Waals surface area contributed by atoms with Gasteiger partial charge in [-0.2, -0.15) is 5.26 Å². The first-order valence-electron chi connectivity index (χ1n) is 3.90. The summed E-state index contributed by atoms with van der Waals surface area (Å²) in [5.41, 5.74) is 1.60. The van der Waals surface area contributed by atoms with Crippen LogP contribution in [-0.2, 0) is 0 Å². The van der Waals surface area contributed by atoms with Gasteiger partial charge in [0.2, 0.25) is 0 Å². The molecule has 0 spiro atoms. The summed E-state index contributed by atoms with van der Waals surface area (Å²) in [6.07, 6.45) is 0. The highest BCUT2D eigenvalue weighted by atomic mass is 35.5. The first-order chi connectivity index (χ1) is 5.74. The Morgan fingerprint density at radius 2 is 1.92 bits per heavy atom. The number of hydrogen-bond acceptors (Lipinski definition) is 1. The summed E-state index contributed by atoms with van der Waals surface area (Å²) >= 11 is 5.73. The van der Waals surface area contributed by atoms with E-state index in [0.29, 0.717) is 10.6 Å². The van der Waals surface area contributed by atoms with E-state index < -0.39 is 0 Å². The SMILES string of the molecule is CC.Cc1cc(C#N)ccc1Cl. The Kier molecular flexibility index (Phi) is 5.16. The molecule has 1 nitrogen and oxygen atoms in total.